The average molecular weight is 394 g/mol. The quantitative estimate of drug-likeness (QED) is 0.415. The Hall–Kier alpha value is -3.12. The lowest BCUT2D eigenvalue weighted by molar-refractivity contribution is -0.122. The first-order valence-electron chi connectivity index (χ1n) is 8.97. The number of hydrogen-bond donors (Lipinski definition) is 1. The van der Waals surface area contributed by atoms with Crippen molar-refractivity contribution in [1.82, 2.24) is 10.4 Å². The van der Waals surface area contributed by atoms with Gasteiger partial charge in [-0.15, -0.1) is 0 Å². The second-order valence-corrected chi connectivity index (χ2v) is 7.22. The van der Waals surface area contributed by atoms with Crippen LogP contribution in [0, 0.1) is 5.92 Å². The summed E-state index contributed by atoms with van der Waals surface area (Å²) in [6.45, 7) is 0.199. The number of carbonyl (C=O) groups excluding carboxylic acids is 1. The van der Waals surface area contributed by atoms with Crippen LogP contribution in [0.15, 0.2) is 53.6 Å². The maximum Gasteiger partial charge on any atom is 0.243 e. The Morgan fingerprint density at radius 3 is 2.79 bits per heavy atom. The predicted octanol–water partition coefficient (Wildman–Crippen LogP) is 3.87. The average Bonchev–Trinajstić information content (AvgIpc) is 3.39. The van der Waals surface area contributed by atoms with Crippen LogP contribution in [0.1, 0.15) is 23.5 Å². The molecule has 0 bridgehead atoms. The van der Waals surface area contributed by atoms with E-state index >= 15 is 0 Å². The van der Waals surface area contributed by atoms with E-state index in [4.69, 9.17) is 21.1 Å². The van der Waals surface area contributed by atoms with Gasteiger partial charge in [-0.2, -0.15) is 5.10 Å². The second-order valence-electron chi connectivity index (χ2n) is 6.86. The van der Waals surface area contributed by atoms with Crippen molar-refractivity contribution < 1.29 is 14.3 Å². The first-order valence-corrected chi connectivity index (χ1v) is 9.34. The second kappa shape index (κ2) is 6.80. The van der Waals surface area contributed by atoms with Crippen LogP contribution in [0.25, 0.3) is 10.9 Å². The molecule has 1 saturated carbocycles. The van der Waals surface area contributed by atoms with E-state index in [0.717, 1.165) is 11.8 Å². The molecular weight excluding hydrogens is 378 g/mol. The van der Waals surface area contributed by atoms with Crippen LogP contribution in [-0.4, -0.2) is 23.9 Å². The van der Waals surface area contributed by atoms with Gasteiger partial charge in [-0.1, -0.05) is 41.9 Å². The van der Waals surface area contributed by atoms with Crippen LogP contribution < -0.4 is 14.9 Å². The molecule has 1 aliphatic heterocycles. The summed E-state index contributed by atoms with van der Waals surface area (Å²) in [5.41, 5.74) is 5.12. The Kier molecular flexibility index (Phi) is 4.13. The van der Waals surface area contributed by atoms with Crippen molar-refractivity contribution in [3.8, 4) is 11.5 Å². The van der Waals surface area contributed by atoms with Crippen LogP contribution in [-0.2, 0) is 4.79 Å². The molecule has 1 fully saturated rings. The smallest absolute Gasteiger partial charge is 0.243 e. The Labute approximate surface area is 166 Å². The Balaban J connectivity index is 1.29. The highest BCUT2D eigenvalue weighted by molar-refractivity contribution is 6.32. The maximum atomic E-state index is 12.3. The van der Waals surface area contributed by atoms with Gasteiger partial charge in [0.2, 0.25) is 12.7 Å². The van der Waals surface area contributed by atoms with Crippen LogP contribution in [0.5, 0.6) is 11.5 Å². The molecule has 5 rings (SSSR count). The van der Waals surface area contributed by atoms with Crippen molar-refractivity contribution in [3.05, 3.63) is 64.8 Å². The molecule has 0 radical (unpaired) electrons. The third-order valence-electron chi connectivity index (χ3n) is 5.02. The zero-order valence-corrected chi connectivity index (χ0v) is 15.5. The van der Waals surface area contributed by atoms with E-state index in [2.05, 4.69) is 15.5 Å². The Morgan fingerprint density at radius 2 is 1.96 bits per heavy atom. The minimum Gasteiger partial charge on any atom is -0.454 e. The number of nitrogens with zero attached hydrogens (tertiary/aromatic N) is 2. The van der Waals surface area contributed by atoms with E-state index in [1.54, 1.807) is 6.07 Å². The van der Waals surface area contributed by atoms with Crippen LogP contribution in [0.2, 0.25) is 5.15 Å². The van der Waals surface area contributed by atoms with Crippen LogP contribution in [0.4, 0.5) is 0 Å². The fraction of sp³-hybridized carbons (Fsp3) is 0.190. The van der Waals surface area contributed by atoms with E-state index in [1.807, 2.05) is 42.5 Å². The topological polar surface area (TPSA) is 72.8 Å². The standard InChI is InChI=1S/C21H16ClN3O3/c22-20-14(6-13-7-18-19(28-11-27-18)9-17(13)24-20)10-23-25-21(26)16-8-15(16)12-4-2-1-3-5-12/h1-7,9-10,15-16H,8,11H2,(H,25,26). The first kappa shape index (κ1) is 17.0. The summed E-state index contributed by atoms with van der Waals surface area (Å²) in [6, 6.07) is 15.5. The number of nitrogens with one attached hydrogen (secondary N) is 1. The number of aromatic nitrogens is 1. The lowest BCUT2D eigenvalue weighted by atomic mass is 10.1. The molecule has 1 aromatic heterocycles. The molecule has 2 aromatic carbocycles. The number of carbonyl (C=O) groups is 1. The van der Waals surface area contributed by atoms with E-state index in [0.29, 0.717) is 27.7 Å². The van der Waals surface area contributed by atoms with E-state index in [1.165, 1.54) is 11.8 Å². The number of rotatable bonds is 4. The zero-order chi connectivity index (χ0) is 19.1. The zero-order valence-electron chi connectivity index (χ0n) is 14.8. The van der Waals surface area contributed by atoms with Gasteiger partial charge in [0.1, 0.15) is 5.15 Å². The number of fused-ring (bicyclic) bond motifs is 2. The summed E-state index contributed by atoms with van der Waals surface area (Å²) in [6.07, 6.45) is 2.36. The van der Waals surface area contributed by atoms with Crippen molar-refractivity contribution in [3.63, 3.8) is 0 Å². The molecule has 28 heavy (non-hydrogen) atoms. The SMILES string of the molecule is O=C(NN=Cc1cc2cc3c(cc2nc1Cl)OCO3)C1CC1c1ccccc1. The molecule has 0 saturated heterocycles. The van der Waals surface area contributed by atoms with Crippen LogP contribution in [0.3, 0.4) is 0 Å². The number of halogens is 1. The van der Waals surface area contributed by atoms with E-state index < -0.39 is 0 Å². The molecule has 2 aliphatic rings. The third kappa shape index (κ3) is 3.16. The fourth-order valence-corrected chi connectivity index (χ4v) is 3.64. The van der Waals surface area contributed by atoms with Gasteiger partial charge in [0, 0.05) is 22.9 Å². The number of hydrogen-bond acceptors (Lipinski definition) is 5. The minimum absolute atomic E-state index is 0.0375. The van der Waals surface area contributed by atoms with Crippen molar-refractivity contribution >= 4 is 34.6 Å². The molecule has 3 aromatic rings. The molecular formula is C21H16ClN3O3. The minimum atomic E-state index is -0.0849. The largest absolute Gasteiger partial charge is 0.454 e. The Morgan fingerprint density at radius 1 is 1.18 bits per heavy atom. The van der Waals surface area contributed by atoms with Crippen LogP contribution >= 0.6 is 11.6 Å². The molecule has 2 heterocycles. The normalized spacial score (nSPS) is 19.9. The van der Waals surface area contributed by atoms with E-state index in [9.17, 15) is 4.79 Å². The molecule has 1 N–H and O–H groups in total. The molecule has 140 valence electrons. The molecule has 6 nitrogen and oxygen atoms in total. The van der Waals surface area contributed by atoms with Gasteiger partial charge in [-0.25, -0.2) is 10.4 Å². The number of benzene rings is 2. The van der Waals surface area contributed by atoms with Gasteiger partial charge < -0.3 is 9.47 Å². The molecule has 0 spiro atoms. The van der Waals surface area contributed by atoms with E-state index in [-0.39, 0.29) is 24.5 Å². The fourth-order valence-electron chi connectivity index (χ4n) is 3.45. The number of ether oxygens (including phenoxy) is 2. The number of hydrazone groups is 1. The third-order valence-corrected chi connectivity index (χ3v) is 5.33. The summed E-state index contributed by atoms with van der Waals surface area (Å²) in [5, 5.41) is 5.22. The lowest BCUT2D eigenvalue weighted by Gasteiger charge is -2.04. The van der Waals surface area contributed by atoms with Crippen molar-refractivity contribution in [2.45, 2.75) is 12.3 Å². The molecule has 2 atom stereocenters. The van der Waals surface area contributed by atoms with Gasteiger partial charge in [0.25, 0.3) is 0 Å². The highest BCUT2D eigenvalue weighted by Gasteiger charge is 2.43. The molecule has 7 heteroatoms. The molecule has 2 unspecified atom stereocenters. The van der Waals surface area contributed by atoms with Gasteiger partial charge in [-0.05, 0) is 30.0 Å². The van der Waals surface area contributed by atoms with Gasteiger partial charge in [0.15, 0.2) is 11.5 Å². The number of amides is 1. The highest BCUT2D eigenvalue weighted by Crippen LogP contribution is 2.47. The summed E-state index contributed by atoms with van der Waals surface area (Å²) in [7, 11) is 0. The highest BCUT2D eigenvalue weighted by atomic mass is 35.5. The first-order chi connectivity index (χ1) is 13.7. The van der Waals surface area contributed by atoms with Crippen molar-refractivity contribution in [2.75, 3.05) is 6.79 Å². The van der Waals surface area contributed by atoms with Gasteiger partial charge in [-0.3, -0.25) is 4.79 Å². The maximum absolute atomic E-state index is 12.3. The number of pyridine rings is 1. The summed E-state index contributed by atoms with van der Waals surface area (Å²) >= 11 is 6.26. The van der Waals surface area contributed by atoms with Crippen molar-refractivity contribution in [1.29, 1.82) is 0 Å². The summed E-state index contributed by atoms with van der Waals surface area (Å²) < 4.78 is 10.8. The Bertz CT molecular complexity index is 1100. The van der Waals surface area contributed by atoms with Gasteiger partial charge >= 0.3 is 0 Å². The monoisotopic (exact) mass is 393 g/mol. The molecule has 1 amide bonds. The molecule has 1 aliphatic carbocycles. The van der Waals surface area contributed by atoms with Gasteiger partial charge in [0.05, 0.1) is 11.7 Å². The van der Waals surface area contributed by atoms with Crippen molar-refractivity contribution in [2.24, 2.45) is 11.0 Å². The predicted molar refractivity (Wildman–Crippen MR) is 106 cm³/mol. The summed E-state index contributed by atoms with van der Waals surface area (Å²) in [4.78, 5) is 16.7. The lowest BCUT2D eigenvalue weighted by Crippen LogP contribution is -2.20. The summed E-state index contributed by atoms with van der Waals surface area (Å²) in [5.74, 6) is 1.48.